The molecule has 0 aliphatic heterocycles. The summed E-state index contributed by atoms with van der Waals surface area (Å²) in [6.45, 7) is -0.214. The fourth-order valence-corrected chi connectivity index (χ4v) is 1.59. The summed E-state index contributed by atoms with van der Waals surface area (Å²) in [5.41, 5.74) is 0.604. The van der Waals surface area contributed by atoms with Crippen LogP contribution in [0, 0.1) is 0 Å². The van der Waals surface area contributed by atoms with E-state index >= 15 is 0 Å². The van der Waals surface area contributed by atoms with Gasteiger partial charge in [0.25, 0.3) is 5.91 Å². The third-order valence-electron chi connectivity index (χ3n) is 2.44. The molecule has 2 aromatic rings. The molecule has 0 unspecified atom stereocenters. The number of anilines is 1. The zero-order chi connectivity index (χ0) is 15.1. The maximum Gasteiger partial charge on any atom is 0.307 e. The van der Waals surface area contributed by atoms with Crippen LogP contribution >= 0.6 is 0 Å². The predicted molar refractivity (Wildman–Crippen MR) is 73.9 cm³/mol. The Kier molecular flexibility index (Phi) is 4.81. The second-order valence-electron chi connectivity index (χ2n) is 4.13. The van der Waals surface area contributed by atoms with Crippen molar-refractivity contribution in [3.8, 4) is 5.75 Å². The van der Waals surface area contributed by atoms with Gasteiger partial charge in [-0.25, -0.2) is 9.97 Å². The molecule has 1 heterocycles. The first-order valence-electron chi connectivity index (χ1n) is 6.14. The zero-order valence-corrected chi connectivity index (χ0v) is 11.0. The summed E-state index contributed by atoms with van der Waals surface area (Å²) in [5, 5.41) is 11.2. The van der Waals surface area contributed by atoms with E-state index in [0.29, 0.717) is 11.3 Å². The second kappa shape index (κ2) is 6.99. The van der Waals surface area contributed by atoms with Gasteiger partial charge in [-0.2, -0.15) is 0 Å². The van der Waals surface area contributed by atoms with E-state index in [1.165, 1.54) is 12.4 Å². The highest BCUT2D eigenvalue weighted by atomic mass is 16.5. The van der Waals surface area contributed by atoms with Crippen molar-refractivity contribution >= 4 is 17.8 Å². The molecule has 1 aromatic heterocycles. The van der Waals surface area contributed by atoms with Gasteiger partial charge >= 0.3 is 5.97 Å². The van der Waals surface area contributed by atoms with E-state index in [1.54, 1.807) is 30.3 Å². The molecule has 108 valence electrons. The van der Waals surface area contributed by atoms with Crippen molar-refractivity contribution in [2.24, 2.45) is 0 Å². The summed E-state index contributed by atoms with van der Waals surface area (Å²) in [4.78, 5) is 30.0. The van der Waals surface area contributed by atoms with Crippen molar-refractivity contribution in [1.29, 1.82) is 0 Å². The summed E-state index contributed by atoms with van der Waals surface area (Å²) in [6, 6.07) is 8.23. The van der Waals surface area contributed by atoms with Crippen LogP contribution in [0.2, 0.25) is 0 Å². The van der Waals surface area contributed by atoms with Crippen molar-refractivity contribution in [3.05, 3.63) is 48.3 Å². The van der Waals surface area contributed by atoms with Crippen molar-refractivity contribution in [2.75, 3.05) is 11.9 Å². The molecule has 0 aliphatic rings. The van der Waals surface area contributed by atoms with E-state index in [4.69, 9.17) is 9.84 Å². The monoisotopic (exact) mass is 287 g/mol. The Bertz CT molecular complexity index is 631. The molecule has 0 saturated carbocycles. The maximum absolute atomic E-state index is 11.6. The summed E-state index contributed by atoms with van der Waals surface area (Å²) < 4.78 is 5.30. The van der Waals surface area contributed by atoms with Crippen LogP contribution in [0.25, 0.3) is 0 Å². The summed E-state index contributed by atoms with van der Waals surface area (Å²) in [6.07, 6.45) is 2.93. The van der Waals surface area contributed by atoms with Gasteiger partial charge in [-0.3, -0.25) is 14.9 Å². The quantitative estimate of drug-likeness (QED) is 0.825. The lowest BCUT2D eigenvalue weighted by Crippen LogP contribution is -2.21. The topological polar surface area (TPSA) is 101 Å². The van der Waals surface area contributed by atoms with Crippen LogP contribution in [-0.4, -0.2) is 33.6 Å². The first-order chi connectivity index (χ1) is 10.1. The number of carboxylic acid groups (broad SMARTS) is 1. The third kappa shape index (κ3) is 4.90. The number of aliphatic carboxylic acids is 1. The normalized spacial score (nSPS) is 9.90. The van der Waals surface area contributed by atoms with E-state index in [0.717, 1.165) is 0 Å². The highest BCUT2D eigenvalue weighted by Crippen LogP contribution is 2.13. The van der Waals surface area contributed by atoms with E-state index in [-0.39, 0.29) is 19.0 Å². The molecular formula is C14H13N3O4. The van der Waals surface area contributed by atoms with Crippen LogP contribution in [0.4, 0.5) is 5.95 Å². The molecule has 0 radical (unpaired) electrons. The Balaban J connectivity index is 1.88. The fourth-order valence-electron chi connectivity index (χ4n) is 1.59. The highest BCUT2D eigenvalue weighted by Gasteiger charge is 2.06. The number of nitrogens with one attached hydrogen (secondary N) is 1. The van der Waals surface area contributed by atoms with Gasteiger partial charge in [0, 0.05) is 12.4 Å². The summed E-state index contributed by atoms with van der Waals surface area (Å²) in [7, 11) is 0. The van der Waals surface area contributed by atoms with Gasteiger partial charge in [0.15, 0.2) is 6.61 Å². The SMILES string of the molecule is O=C(O)Cc1cccc(OCC(=O)Nc2ncccn2)c1. The second-order valence-corrected chi connectivity index (χ2v) is 4.13. The fraction of sp³-hybridized carbons (Fsp3) is 0.143. The Labute approximate surface area is 120 Å². The Morgan fingerprint density at radius 1 is 1.19 bits per heavy atom. The molecule has 7 heteroatoms. The number of amides is 1. The van der Waals surface area contributed by atoms with Crippen LogP contribution < -0.4 is 10.1 Å². The molecule has 1 amide bonds. The van der Waals surface area contributed by atoms with Crippen LogP contribution in [0.5, 0.6) is 5.75 Å². The predicted octanol–water partition coefficient (Wildman–Crippen LogP) is 1.12. The number of hydrogen-bond acceptors (Lipinski definition) is 5. The van der Waals surface area contributed by atoms with Crippen molar-refractivity contribution in [2.45, 2.75) is 6.42 Å². The minimum Gasteiger partial charge on any atom is -0.484 e. The number of hydrogen-bond donors (Lipinski definition) is 2. The molecule has 0 bridgehead atoms. The zero-order valence-electron chi connectivity index (χ0n) is 11.0. The molecule has 21 heavy (non-hydrogen) atoms. The minimum atomic E-state index is -0.925. The Hall–Kier alpha value is -2.96. The molecule has 0 saturated heterocycles. The van der Waals surface area contributed by atoms with Crippen molar-refractivity contribution in [3.63, 3.8) is 0 Å². The van der Waals surface area contributed by atoms with Gasteiger partial charge in [-0.1, -0.05) is 12.1 Å². The molecular weight excluding hydrogens is 274 g/mol. The number of carbonyl (C=O) groups is 2. The standard InChI is InChI=1S/C14H13N3O4/c18-12(17-14-15-5-2-6-16-14)9-21-11-4-1-3-10(7-11)8-13(19)20/h1-7H,8-9H2,(H,19,20)(H,15,16,17,18). The van der Waals surface area contributed by atoms with Gasteiger partial charge in [-0.05, 0) is 23.8 Å². The lowest BCUT2D eigenvalue weighted by Gasteiger charge is -2.07. The number of aromatic nitrogens is 2. The minimum absolute atomic E-state index is 0.0960. The molecule has 0 aliphatic carbocycles. The van der Waals surface area contributed by atoms with Gasteiger partial charge in [-0.15, -0.1) is 0 Å². The highest BCUT2D eigenvalue weighted by molar-refractivity contribution is 5.90. The maximum atomic E-state index is 11.6. The van der Waals surface area contributed by atoms with Gasteiger partial charge in [0.1, 0.15) is 5.75 Å². The Morgan fingerprint density at radius 2 is 1.95 bits per heavy atom. The van der Waals surface area contributed by atoms with Crippen LogP contribution in [-0.2, 0) is 16.0 Å². The summed E-state index contributed by atoms with van der Waals surface area (Å²) >= 11 is 0. The van der Waals surface area contributed by atoms with E-state index < -0.39 is 11.9 Å². The molecule has 2 rings (SSSR count). The molecule has 0 fully saturated rings. The number of carbonyl (C=O) groups excluding carboxylic acids is 1. The third-order valence-corrected chi connectivity index (χ3v) is 2.44. The average molecular weight is 287 g/mol. The number of ether oxygens (including phenoxy) is 1. The lowest BCUT2D eigenvalue weighted by atomic mass is 10.1. The van der Waals surface area contributed by atoms with Crippen LogP contribution in [0.1, 0.15) is 5.56 Å². The first-order valence-corrected chi connectivity index (χ1v) is 6.14. The number of carboxylic acids is 1. The first kappa shape index (κ1) is 14.4. The van der Waals surface area contributed by atoms with Crippen molar-refractivity contribution in [1.82, 2.24) is 9.97 Å². The van der Waals surface area contributed by atoms with Gasteiger partial charge < -0.3 is 9.84 Å². The molecule has 1 aromatic carbocycles. The number of benzene rings is 1. The number of nitrogens with zero attached hydrogens (tertiary/aromatic N) is 2. The van der Waals surface area contributed by atoms with Crippen LogP contribution in [0.3, 0.4) is 0 Å². The lowest BCUT2D eigenvalue weighted by molar-refractivity contribution is -0.136. The molecule has 0 atom stereocenters. The van der Waals surface area contributed by atoms with E-state index in [1.807, 2.05) is 0 Å². The van der Waals surface area contributed by atoms with Crippen LogP contribution in [0.15, 0.2) is 42.7 Å². The summed E-state index contributed by atoms with van der Waals surface area (Å²) in [5.74, 6) is -0.695. The van der Waals surface area contributed by atoms with E-state index in [9.17, 15) is 9.59 Å². The largest absolute Gasteiger partial charge is 0.484 e. The van der Waals surface area contributed by atoms with E-state index in [2.05, 4.69) is 15.3 Å². The Morgan fingerprint density at radius 3 is 2.67 bits per heavy atom. The molecule has 0 spiro atoms. The molecule has 2 N–H and O–H groups in total. The average Bonchev–Trinajstić information content (AvgIpc) is 2.46. The van der Waals surface area contributed by atoms with Crippen molar-refractivity contribution < 1.29 is 19.4 Å². The van der Waals surface area contributed by atoms with Gasteiger partial charge in [0.2, 0.25) is 5.95 Å². The smallest absolute Gasteiger partial charge is 0.307 e. The number of rotatable bonds is 6. The van der Waals surface area contributed by atoms with Gasteiger partial charge in [0.05, 0.1) is 6.42 Å². The molecule has 7 nitrogen and oxygen atoms in total.